The smallest absolute Gasteiger partial charge is 0.308 e. The summed E-state index contributed by atoms with van der Waals surface area (Å²) in [5.74, 6) is 0. The zero-order valence-corrected chi connectivity index (χ0v) is 18.4. The maximum Gasteiger partial charge on any atom is 0.308 e. The van der Waals surface area contributed by atoms with Gasteiger partial charge < -0.3 is 21.9 Å². The Morgan fingerprint density at radius 3 is 1.23 bits per heavy atom. The van der Waals surface area contributed by atoms with Crippen molar-refractivity contribution in [2.75, 3.05) is 79.8 Å². The van der Waals surface area contributed by atoms with Crippen LogP contribution in [0.15, 0.2) is 0 Å². The average Bonchev–Trinajstić information content (AvgIpc) is 3.41. The predicted octanol–water partition coefficient (Wildman–Crippen LogP) is -0.450. The number of hydrogen-bond acceptors (Lipinski definition) is 6. The van der Waals surface area contributed by atoms with Crippen LogP contribution in [0.2, 0.25) is 0 Å². The fourth-order valence-corrected chi connectivity index (χ4v) is 10.1. The van der Waals surface area contributed by atoms with Crippen molar-refractivity contribution >= 4 is 7.87 Å². The molecular formula is C18H38ClN4O2P. The second-order valence-corrected chi connectivity index (χ2v) is 10.8. The Kier molecular flexibility index (Phi) is 10.0. The Hall–Kier alpha value is 0.480. The molecule has 0 amide bonds. The Labute approximate surface area is 167 Å². The van der Waals surface area contributed by atoms with Crippen molar-refractivity contribution in [2.45, 2.75) is 38.5 Å². The summed E-state index contributed by atoms with van der Waals surface area (Å²) in [6, 6.07) is 0. The van der Waals surface area contributed by atoms with Crippen LogP contribution in [0.5, 0.6) is 0 Å². The van der Waals surface area contributed by atoms with E-state index in [1.54, 1.807) is 0 Å². The van der Waals surface area contributed by atoms with Gasteiger partial charge in [-0.1, -0.05) is 0 Å². The minimum Gasteiger partial charge on any atom is -1.00 e. The first kappa shape index (κ1) is 22.8. The third kappa shape index (κ3) is 4.72. The second-order valence-electron chi connectivity index (χ2n) is 7.46. The number of halogens is 1. The summed E-state index contributed by atoms with van der Waals surface area (Å²) >= 11 is 0. The fraction of sp³-hybridized carbons (Fsp3) is 1.00. The Balaban J connectivity index is 0.00000243. The molecule has 154 valence electrons. The summed E-state index contributed by atoms with van der Waals surface area (Å²) in [6.07, 6.45) is 8.12. The van der Waals surface area contributed by atoms with Gasteiger partial charge in [0, 0.05) is 53.5 Å². The topological polar surface area (TPSA) is 31.4 Å². The van der Waals surface area contributed by atoms with Crippen LogP contribution >= 0.6 is 7.87 Å². The number of rotatable bonds is 10. The van der Waals surface area contributed by atoms with E-state index in [2.05, 4.69) is 18.7 Å². The molecule has 0 spiro atoms. The third-order valence-electron chi connectivity index (χ3n) is 5.87. The van der Waals surface area contributed by atoms with Crippen LogP contribution in [0.4, 0.5) is 0 Å². The van der Waals surface area contributed by atoms with Crippen LogP contribution in [-0.2, 0) is 9.47 Å². The van der Waals surface area contributed by atoms with Crippen molar-refractivity contribution < 1.29 is 21.9 Å². The normalized spacial score (nSPS) is 23.2. The van der Waals surface area contributed by atoms with Gasteiger partial charge in [0.05, 0.1) is 26.3 Å². The molecule has 0 aromatic carbocycles. The number of nitrogens with zero attached hydrogens (tertiary/aromatic N) is 4. The highest BCUT2D eigenvalue weighted by molar-refractivity contribution is 7.66. The maximum absolute atomic E-state index is 5.52. The molecule has 0 atom stereocenters. The molecule has 3 aliphatic heterocycles. The van der Waals surface area contributed by atoms with E-state index in [0.717, 1.165) is 26.3 Å². The lowest BCUT2D eigenvalue weighted by Crippen LogP contribution is -3.00. The predicted molar refractivity (Wildman–Crippen MR) is 105 cm³/mol. The van der Waals surface area contributed by atoms with Gasteiger partial charge in [-0.05, 0) is 38.5 Å². The van der Waals surface area contributed by atoms with E-state index in [1.807, 2.05) is 14.2 Å². The highest BCUT2D eigenvalue weighted by Gasteiger charge is 2.62. The second kappa shape index (κ2) is 11.5. The number of hydrogen-bond donors (Lipinski definition) is 0. The summed E-state index contributed by atoms with van der Waals surface area (Å²) in [5, 5.41) is 0. The zero-order valence-electron chi connectivity index (χ0n) is 16.7. The summed E-state index contributed by atoms with van der Waals surface area (Å²) in [6.45, 7) is 11.2. The van der Waals surface area contributed by atoms with Gasteiger partial charge in [-0.3, -0.25) is 0 Å². The molecule has 0 saturated carbocycles. The molecule has 3 fully saturated rings. The van der Waals surface area contributed by atoms with Crippen LogP contribution in [0.25, 0.3) is 0 Å². The third-order valence-corrected chi connectivity index (χ3v) is 10.5. The average molecular weight is 409 g/mol. The van der Waals surface area contributed by atoms with Crippen molar-refractivity contribution in [3.63, 3.8) is 0 Å². The van der Waals surface area contributed by atoms with Crippen LogP contribution in [0.3, 0.4) is 0 Å². The molecule has 0 aromatic rings. The lowest BCUT2D eigenvalue weighted by molar-refractivity contribution is -0.00000618. The van der Waals surface area contributed by atoms with Crippen molar-refractivity contribution in [2.24, 2.45) is 0 Å². The minimum atomic E-state index is -1.64. The quantitative estimate of drug-likeness (QED) is 0.455. The van der Waals surface area contributed by atoms with Crippen molar-refractivity contribution in [3.05, 3.63) is 0 Å². The van der Waals surface area contributed by atoms with Crippen molar-refractivity contribution in [3.8, 4) is 0 Å². The Morgan fingerprint density at radius 2 is 0.962 bits per heavy atom. The van der Waals surface area contributed by atoms with E-state index < -0.39 is 7.87 Å². The molecule has 8 heteroatoms. The van der Waals surface area contributed by atoms with E-state index >= 15 is 0 Å². The summed E-state index contributed by atoms with van der Waals surface area (Å²) in [5.41, 5.74) is 0. The van der Waals surface area contributed by atoms with Gasteiger partial charge in [0.15, 0.2) is 0 Å². The monoisotopic (exact) mass is 408 g/mol. The summed E-state index contributed by atoms with van der Waals surface area (Å²) in [4.78, 5) is 0. The molecule has 3 saturated heterocycles. The van der Waals surface area contributed by atoms with Crippen molar-refractivity contribution in [1.82, 2.24) is 18.7 Å². The highest BCUT2D eigenvalue weighted by atomic mass is 35.5. The van der Waals surface area contributed by atoms with Gasteiger partial charge in [0.25, 0.3) is 0 Å². The SMILES string of the molecule is COCCN(CCOC)[P+](N1CCCC1)(N1CCCC1)N1CCCC1.[Cl-]. The van der Waals surface area contributed by atoms with Crippen LogP contribution in [0, 0.1) is 0 Å². The molecule has 3 aliphatic rings. The molecule has 0 N–H and O–H groups in total. The molecule has 0 aromatic heterocycles. The minimum absolute atomic E-state index is 0. The van der Waals surface area contributed by atoms with Gasteiger partial charge in [0.1, 0.15) is 0 Å². The summed E-state index contributed by atoms with van der Waals surface area (Å²) < 4.78 is 22.5. The molecule has 3 rings (SSSR count). The van der Waals surface area contributed by atoms with Gasteiger partial charge in [-0.25, -0.2) is 0 Å². The van der Waals surface area contributed by atoms with E-state index in [0.29, 0.717) is 0 Å². The first-order chi connectivity index (χ1) is 12.3. The van der Waals surface area contributed by atoms with E-state index in [1.165, 1.54) is 77.8 Å². The first-order valence-corrected chi connectivity index (χ1v) is 11.8. The standard InChI is InChI=1S/C18H38N4O2P.ClH/c1-23-17-15-22(16-18-24-2)25(19-9-3-4-10-19,20-11-5-6-12-20)21-13-7-8-14-21;/h3-18H2,1-2H3;1H/q+1;/p-1. The maximum atomic E-state index is 5.52. The van der Waals surface area contributed by atoms with Crippen LogP contribution < -0.4 is 12.4 Å². The van der Waals surface area contributed by atoms with Gasteiger partial charge in [0.2, 0.25) is 0 Å². The number of methoxy groups -OCH3 is 2. The molecule has 26 heavy (non-hydrogen) atoms. The van der Waals surface area contributed by atoms with Gasteiger partial charge in [-0.2, -0.15) is 0 Å². The highest BCUT2D eigenvalue weighted by Crippen LogP contribution is 2.72. The first-order valence-electron chi connectivity index (χ1n) is 10.2. The molecule has 6 nitrogen and oxygen atoms in total. The number of ether oxygens (including phenoxy) is 2. The molecule has 3 heterocycles. The van der Waals surface area contributed by atoms with E-state index in [-0.39, 0.29) is 12.4 Å². The molecule has 0 unspecified atom stereocenters. The van der Waals surface area contributed by atoms with E-state index in [9.17, 15) is 0 Å². The lowest BCUT2D eigenvalue weighted by atomic mass is 10.4. The van der Waals surface area contributed by atoms with Gasteiger partial charge in [-0.15, -0.1) is 18.7 Å². The molecule has 0 radical (unpaired) electrons. The zero-order chi connectivity index (χ0) is 17.5. The Bertz CT molecular complexity index is 341. The Morgan fingerprint density at radius 1 is 0.654 bits per heavy atom. The lowest BCUT2D eigenvalue weighted by Gasteiger charge is -2.48. The van der Waals surface area contributed by atoms with Crippen LogP contribution in [-0.4, -0.2) is 98.5 Å². The molecule has 0 aliphatic carbocycles. The molecule has 0 bridgehead atoms. The van der Waals surface area contributed by atoms with Gasteiger partial charge >= 0.3 is 7.87 Å². The molecular weight excluding hydrogens is 371 g/mol. The summed E-state index contributed by atoms with van der Waals surface area (Å²) in [7, 11) is 2.02. The van der Waals surface area contributed by atoms with E-state index in [4.69, 9.17) is 9.47 Å². The van der Waals surface area contributed by atoms with Crippen molar-refractivity contribution in [1.29, 1.82) is 0 Å². The fourth-order valence-electron chi connectivity index (χ4n) is 4.75. The van der Waals surface area contributed by atoms with Crippen LogP contribution in [0.1, 0.15) is 38.5 Å². The largest absolute Gasteiger partial charge is 1.00 e.